The van der Waals surface area contributed by atoms with Crippen LogP contribution >= 0.6 is 22.9 Å². The van der Waals surface area contributed by atoms with E-state index in [1.807, 2.05) is 63.5 Å². The van der Waals surface area contributed by atoms with Crippen molar-refractivity contribution in [2.75, 3.05) is 7.05 Å². The summed E-state index contributed by atoms with van der Waals surface area (Å²) in [6.45, 7) is 5.85. The summed E-state index contributed by atoms with van der Waals surface area (Å²) in [4.78, 5) is 15.7. The topological polar surface area (TPSA) is 38.1 Å². The summed E-state index contributed by atoms with van der Waals surface area (Å²) in [6, 6.07) is 11.6. The maximum Gasteiger partial charge on any atom is 0.254 e. The zero-order valence-corrected chi connectivity index (χ0v) is 16.2. The fraction of sp³-hybridized carbons (Fsp3) is 0.263. The Labute approximate surface area is 156 Å². The van der Waals surface area contributed by atoms with Gasteiger partial charge in [-0.3, -0.25) is 4.79 Å². The van der Waals surface area contributed by atoms with Gasteiger partial charge in [0.2, 0.25) is 0 Å². The highest BCUT2D eigenvalue weighted by atomic mass is 35.5. The Bertz CT molecular complexity index is 884. The highest BCUT2D eigenvalue weighted by Crippen LogP contribution is 2.26. The molecule has 0 aliphatic rings. The molecule has 130 valence electrons. The molecule has 1 unspecified atom stereocenters. The molecule has 25 heavy (non-hydrogen) atoms. The van der Waals surface area contributed by atoms with Gasteiger partial charge in [0.25, 0.3) is 5.91 Å². The molecule has 2 aromatic heterocycles. The summed E-state index contributed by atoms with van der Waals surface area (Å²) < 4.78 is 1.80. The van der Waals surface area contributed by atoms with Gasteiger partial charge in [-0.05, 0) is 56.5 Å². The van der Waals surface area contributed by atoms with E-state index >= 15 is 0 Å². The van der Waals surface area contributed by atoms with Crippen LogP contribution in [0.1, 0.15) is 39.6 Å². The second-order valence-corrected chi connectivity index (χ2v) is 7.41. The van der Waals surface area contributed by atoms with Crippen molar-refractivity contribution in [3.05, 3.63) is 68.6 Å². The van der Waals surface area contributed by atoms with Crippen molar-refractivity contribution in [2.24, 2.45) is 0 Å². The predicted octanol–water partition coefficient (Wildman–Crippen LogP) is 5.04. The van der Waals surface area contributed by atoms with Crippen molar-refractivity contribution in [2.45, 2.75) is 26.8 Å². The third kappa shape index (κ3) is 3.34. The summed E-state index contributed by atoms with van der Waals surface area (Å²) in [7, 11) is 1.83. The lowest BCUT2D eigenvalue weighted by molar-refractivity contribution is 0.0745. The Kier molecular flexibility index (Phi) is 4.97. The van der Waals surface area contributed by atoms with Crippen molar-refractivity contribution in [3.63, 3.8) is 0 Å². The standard InChI is InChI=1S/C19H20ClN3OS/c1-12-18(20)14(3)23(21-12)16-9-7-15(8-10-16)19(24)22(4)13(2)17-6-5-11-25-17/h5-11,13H,1-4H3. The monoisotopic (exact) mass is 373 g/mol. The quantitative estimate of drug-likeness (QED) is 0.642. The summed E-state index contributed by atoms with van der Waals surface area (Å²) in [5.41, 5.74) is 3.23. The van der Waals surface area contributed by atoms with E-state index in [4.69, 9.17) is 11.6 Å². The van der Waals surface area contributed by atoms with Crippen LogP contribution in [0.25, 0.3) is 5.69 Å². The van der Waals surface area contributed by atoms with Crippen molar-refractivity contribution in [1.82, 2.24) is 14.7 Å². The Balaban J connectivity index is 1.82. The molecule has 0 saturated carbocycles. The van der Waals surface area contributed by atoms with E-state index in [1.54, 1.807) is 20.9 Å². The molecular weight excluding hydrogens is 354 g/mol. The van der Waals surface area contributed by atoms with Gasteiger partial charge in [-0.15, -0.1) is 11.3 Å². The fourth-order valence-corrected chi connectivity index (χ4v) is 3.66. The van der Waals surface area contributed by atoms with Gasteiger partial charge in [-0.2, -0.15) is 5.10 Å². The number of amides is 1. The van der Waals surface area contributed by atoms with Crippen LogP contribution in [0.4, 0.5) is 0 Å². The average molecular weight is 374 g/mol. The molecule has 1 atom stereocenters. The van der Waals surface area contributed by atoms with Gasteiger partial charge in [0.15, 0.2) is 0 Å². The van der Waals surface area contributed by atoms with Crippen molar-refractivity contribution in [3.8, 4) is 5.69 Å². The maximum atomic E-state index is 12.7. The molecular formula is C19H20ClN3OS. The number of benzene rings is 1. The summed E-state index contributed by atoms with van der Waals surface area (Å²) >= 11 is 7.87. The van der Waals surface area contributed by atoms with Crippen LogP contribution < -0.4 is 0 Å². The predicted molar refractivity (Wildman–Crippen MR) is 103 cm³/mol. The van der Waals surface area contributed by atoms with Gasteiger partial charge < -0.3 is 4.90 Å². The summed E-state index contributed by atoms with van der Waals surface area (Å²) in [5, 5.41) is 7.14. The van der Waals surface area contributed by atoms with E-state index in [1.165, 1.54) is 4.88 Å². The van der Waals surface area contributed by atoms with Crippen LogP contribution in [0.2, 0.25) is 5.02 Å². The Morgan fingerprint density at radius 1 is 1.24 bits per heavy atom. The highest BCUT2D eigenvalue weighted by Gasteiger charge is 2.20. The number of aromatic nitrogens is 2. The lowest BCUT2D eigenvalue weighted by Crippen LogP contribution is -2.29. The molecule has 2 heterocycles. The normalized spacial score (nSPS) is 12.2. The molecule has 0 aliphatic heterocycles. The average Bonchev–Trinajstić information content (AvgIpc) is 3.25. The second-order valence-electron chi connectivity index (χ2n) is 6.05. The minimum Gasteiger partial charge on any atom is -0.334 e. The second kappa shape index (κ2) is 7.02. The number of carbonyl (C=O) groups is 1. The summed E-state index contributed by atoms with van der Waals surface area (Å²) in [6.07, 6.45) is 0. The number of aryl methyl sites for hydroxylation is 1. The number of nitrogens with zero attached hydrogens (tertiary/aromatic N) is 3. The minimum absolute atomic E-state index is 0.00106. The molecule has 0 fully saturated rings. The first-order chi connectivity index (χ1) is 11.9. The van der Waals surface area contributed by atoms with Gasteiger partial charge >= 0.3 is 0 Å². The highest BCUT2D eigenvalue weighted by molar-refractivity contribution is 7.10. The van der Waals surface area contributed by atoms with E-state index in [2.05, 4.69) is 11.2 Å². The molecule has 1 aromatic carbocycles. The van der Waals surface area contributed by atoms with Crippen LogP contribution in [0.3, 0.4) is 0 Å². The first-order valence-corrected chi connectivity index (χ1v) is 9.28. The number of carbonyl (C=O) groups excluding carboxylic acids is 1. The molecule has 0 spiro atoms. The number of thiophene rings is 1. The molecule has 6 heteroatoms. The van der Waals surface area contributed by atoms with Crippen LogP contribution in [-0.2, 0) is 0 Å². The van der Waals surface area contributed by atoms with Gasteiger partial charge in [-0.1, -0.05) is 17.7 Å². The van der Waals surface area contributed by atoms with Gasteiger partial charge in [-0.25, -0.2) is 4.68 Å². The van der Waals surface area contributed by atoms with Crippen LogP contribution in [0.5, 0.6) is 0 Å². The molecule has 1 amide bonds. The van der Waals surface area contributed by atoms with Crippen molar-refractivity contribution >= 4 is 28.8 Å². The molecule has 3 rings (SSSR count). The number of halogens is 1. The Morgan fingerprint density at radius 3 is 2.44 bits per heavy atom. The number of hydrogen-bond acceptors (Lipinski definition) is 3. The molecule has 0 bridgehead atoms. The first kappa shape index (κ1) is 17.7. The first-order valence-electron chi connectivity index (χ1n) is 8.03. The van der Waals surface area contributed by atoms with E-state index in [0.717, 1.165) is 17.1 Å². The smallest absolute Gasteiger partial charge is 0.254 e. The van der Waals surface area contributed by atoms with Gasteiger partial charge in [0.1, 0.15) is 0 Å². The van der Waals surface area contributed by atoms with Crippen LogP contribution in [0, 0.1) is 13.8 Å². The van der Waals surface area contributed by atoms with Gasteiger partial charge in [0.05, 0.1) is 28.1 Å². The fourth-order valence-electron chi connectivity index (χ4n) is 2.72. The van der Waals surface area contributed by atoms with Crippen LogP contribution in [-0.4, -0.2) is 27.6 Å². The van der Waals surface area contributed by atoms with E-state index in [0.29, 0.717) is 10.6 Å². The lowest BCUT2D eigenvalue weighted by atomic mass is 10.1. The Morgan fingerprint density at radius 2 is 1.92 bits per heavy atom. The largest absolute Gasteiger partial charge is 0.334 e. The number of rotatable bonds is 4. The summed E-state index contributed by atoms with van der Waals surface area (Å²) in [5.74, 6) is -0.00106. The zero-order chi connectivity index (χ0) is 18.1. The van der Waals surface area contributed by atoms with Crippen LogP contribution in [0.15, 0.2) is 41.8 Å². The minimum atomic E-state index is -0.00106. The third-order valence-corrected chi connectivity index (χ3v) is 6.01. The van der Waals surface area contributed by atoms with Crippen molar-refractivity contribution < 1.29 is 4.79 Å². The molecule has 0 radical (unpaired) electrons. The van der Waals surface area contributed by atoms with Crippen molar-refractivity contribution in [1.29, 1.82) is 0 Å². The molecule has 0 N–H and O–H groups in total. The van der Waals surface area contributed by atoms with E-state index in [9.17, 15) is 4.79 Å². The van der Waals surface area contributed by atoms with E-state index in [-0.39, 0.29) is 11.9 Å². The Hall–Kier alpha value is -2.11. The zero-order valence-electron chi connectivity index (χ0n) is 14.7. The lowest BCUT2D eigenvalue weighted by Gasteiger charge is -2.24. The molecule has 3 aromatic rings. The SMILES string of the molecule is Cc1nn(-c2ccc(C(=O)N(C)C(C)c3cccs3)cc2)c(C)c1Cl. The third-order valence-electron chi connectivity index (χ3n) is 4.42. The molecule has 0 aliphatic carbocycles. The van der Waals surface area contributed by atoms with E-state index < -0.39 is 0 Å². The molecule has 4 nitrogen and oxygen atoms in total. The number of hydrogen-bond donors (Lipinski definition) is 0. The molecule has 0 saturated heterocycles. The maximum absolute atomic E-state index is 12.7. The van der Waals surface area contributed by atoms with Gasteiger partial charge in [0, 0.05) is 17.5 Å².